The fraction of sp³-hybridized carbons (Fsp3) is 0.438. The molecule has 0 bridgehead atoms. The van der Waals surface area contributed by atoms with E-state index in [0.717, 1.165) is 25.2 Å². The summed E-state index contributed by atoms with van der Waals surface area (Å²) < 4.78 is 15.7. The number of rotatable bonds is 4. The first-order valence-electron chi connectivity index (χ1n) is 7.94. The predicted molar refractivity (Wildman–Crippen MR) is 107 cm³/mol. The average Bonchev–Trinajstić information content (AvgIpc) is 3.04. The van der Waals surface area contributed by atoms with Crippen LogP contribution in [0.25, 0.3) is 0 Å². The highest BCUT2D eigenvalue weighted by molar-refractivity contribution is 14.0. The van der Waals surface area contributed by atoms with Crippen molar-refractivity contribution in [1.82, 2.24) is 25.4 Å². The van der Waals surface area contributed by atoms with Gasteiger partial charge >= 0.3 is 0 Å². The molecule has 1 unspecified atom stereocenters. The van der Waals surface area contributed by atoms with Gasteiger partial charge in [-0.3, -0.25) is 4.99 Å². The lowest BCUT2D eigenvalue weighted by molar-refractivity contribution is 0.393. The molecule has 1 aromatic heterocycles. The van der Waals surface area contributed by atoms with Crippen molar-refractivity contribution in [3.8, 4) is 0 Å². The Morgan fingerprint density at radius 1 is 1.48 bits per heavy atom. The highest BCUT2D eigenvalue weighted by Gasteiger charge is 2.20. The van der Waals surface area contributed by atoms with E-state index in [1.54, 1.807) is 25.5 Å². The summed E-state index contributed by atoms with van der Waals surface area (Å²) in [6, 6.07) is 4.97. The Morgan fingerprint density at radius 3 is 3.08 bits per heavy atom. The van der Waals surface area contributed by atoms with E-state index in [4.69, 9.17) is 11.6 Å². The molecule has 0 saturated heterocycles. The molecule has 2 aromatic rings. The monoisotopic (exact) mass is 478 g/mol. The molecule has 25 heavy (non-hydrogen) atoms. The second-order valence-corrected chi connectivity index (χ2v) is 6.09. The maximum atomic E-state index is 13.8. The highest BCUT2D eigenvalue weighted by Crippen LogP contribution is 2.19. The lowest BCUT2D eigenvalue weighted by atomic mass is 10.1. The summed E-state index contributed by atoms with van der Waals surface area (Å²) in [7, 11) is 1.72. The van der Waals surface area contributed by atoms with Crippen molar-refractivity contribution in [3.05, 3.63) is 46.8 Å². The number of aromatic nitrogens is 3. The van der Waals surface area contributed by atoms with Gasteiger partial charge in [0.05, 0.1) is 6.54 Å². The predicted octanol–water partition coefficient (Wildman–Crippen LogP) is 2.41. The molecule has 9 heteroatoms. The molecule has 1 aliphatic rings. The molecule has 3 rings (SSSR count). The summed E-state index contributed by atoms with van der Waals surface area (Å²) in [6.45, 7) is 1.30. The minimum atomic E-state index is -0.279. The first-order chi connectivity index (χ1) is 11.7. The van der Waals surface area contributed by atoms with Crippen molar-refractivity contribution in [2.75, 3.05) is 13.6 Å². The summed E-state index contributed by atoms with van der Waals surface area (Å²) in [5.41, 5.74) is 0.520. The number of nitrogens with zero attached hydrogens (tertiary/aromatic N) is 4. The van der Waals surface area contributed by atoms with Crippen LogP contribution in [0.5, 0.6) is 0 Å². The van der Waals surface area contributed by atoms with Gasteiger partial charge in [-0.25, -0.2) is 14.1 Å². The maximum Gasteiger partial charge on any atom is 0.191 e. The van der Waals surface area contributed by atoms with Gasteiger partial charge in [0.15, 0.2) is 5.96 Å². The van der Waals surface area contributed by atoms with Gasteiger partial charge in [0.1, 0.15) is 18.0 Å². The first-order valence-corrected chi connectivity index (χ1v) is 8.32. The zero-order valence-electron chi connectivity index (χ0n) is 13.9. The van der Waals surface area contributed by atoms with E-state index in [1.165, 1.54) is 6.07 Å². The third-order valence-corrected chi connectivity index (χ3v) is 4.45. The van der Waals surface area contributed by atoms with Crippen LogP contribution >= 0.6 is 35.6 Å². The van der Waals surface area contributed by atoms with Gasteiger partial charge in [-0.1, -0.05) is 17.7 Å². The fourth-order valence-corrected chi connectivity index (χ4v) is 3.08. The summed E-state index contributed by atoms with van der Waals surface area (Å²) >= 11 is 6.04. The highest BCUT2D eigenvalue weighted by atomic mass is 127. The molecule has 0 aliphatic carbocycles. The number of halogens is 3. The van der Waals surface area contributed by atoms with Crippen LogP contribution in [0.2, 0.25) is 5.02 Å². The van der Waals surface area contributed by atoms with E-state index in [1.807, 2.05) is 4.68 Å². The molecule has 6 nitrogen and oxygen atoms in total. The van der Waals surface area contributed by atoms with Crippen LogP contribution in [0, 0.1) is 5.82 Å². The number of nitrogens with one attached hydrogen (secondary N) is 2. The molecule has 0 amide bonds. The number of fused-ring (bicyclic) bond motifs is 1. The Balaban J connectivity index is 0.00000225. The van der Waals surface area contributed by atoms with Gasteiger partial charge in [0, 0.05) is 36.6 Å². The molecule has 1 aromatic carbocycles. The van der Waals surface area contributed by atoms with Crippen molar-refractivity contribution in [2.45, 2.75) is 31.8 Å². The number of aliphatic imine (C=N–C) groups is 1. The Labute approximate surface area is 168 Å². The number of benzene rings is 1. The molecule has 2 N–H and O–H groups in total. The van der Waals surface area contributed by atoms with E-state index in [0.29, 0.717) is 29.5 Å². The third-order valence-electron chi connectivity index (χ3n) is 4.10. The molecule has 0 fully saturated rings. The molecule has 1 aliphatic heterocycles. The molecular weight excluding hydrogens is 458 g/mol. The van der Waals surface area contributed by atoms with Gasteiger partial charge in [0.2, 0.25) is 0 Å². The van der Waals surface area contributed by atoms with Gasteiger partial charge in [0.25, 0.3) is 0 Å². The summed E-state index contributed by atoms with van der Waals surface area (Å²) in [4.78, 5) is 8.44. The minimum absolute atomic E-state index is 0. The lowest BCUT2D eigenvalue weighted by Gasteiger charge is -2.25. The molecule has 0 radical (unpaired) electrons. The molecule has 0 spiro atoms. The smallest absolute Gasteiger partial charge is 0.191 e. The quantitative estimate of drug-likeness (QED) is 0.402. The lowest BCUT2D eigenvalue weighted by Crippen LogP contribution is -2.47. The van der Waals surface area contributed by atoms with Crippen LogP contribution in [-0.4, -0.2) is 40.4 Å². The first kappa shape index (κ1) is 19.9. The number of hydrogen-bond donors (Lipinski definition) is 2. The van der Waals surface area contributed by atoms with Crippen LogP contribution in [0.1, 0.15) is 17.8 Å². The Hall–Kier alpha value is -1.42. The summed E-state index contributed by atoms with van der Waals surface area (Å²) in [6.07, 6.45) is 3.94. The summed E-state index contributed by atoms with van der Waals surface area (Å²) in [5, 5.41) is 11.2. The van der Waals surface area contributed by atoms with Gasteiger partial charge < -0.3 is 10.6 Å². The number of guanidine groups is 1. The van der Waals surface area contributed by atoms with Gasteiger partial charge in [-0.05, 0) is 25.0 Å². The molecule has 1 atom stereocenters. The Kier molecular flexibility index (Phi) is 7.42. The van der Waals surface area contributed by atoms with E-state index >= 15 is 0 Å². The molecular formula is C16H21ClFIN6. The average molecular weight is 479 g/mol. The Bertz CT molecular complexity index is 715. The second kappa shape index (κ2) is 9.33. The molecule has 136 valence electrons. The van der Waals surface area contributed by atoms with Crippen LogP contribution in [0.3, 0.4) is 0 Å². The van der Waals surface area contributed by atoms with E-state index in [2.05, 4.69) is 25.7 Å². The molecule has 0 saturated carbocycles. The normalized spacial score (nSPS) is 16.8. The third kappa shape index (κ3) is 5.04. The van der Waals surface area contributed by atoms with Crippen molar-refractivity contribution in [3.63, 3.8) is 0 Å². The van der Waals surface area contributed by atoms with Crippen LogP contribution in [0.15, 0.2) is 29.5 Å². The van der Waals surface area contributed by atoms with Gasteiger partial charge in [-0.2, -0.15) is 5.10 Å². The van der Waals surface area contributed by atoms with Gasteiger partial charge in [-0.15, -0.1) is 24.0 Å². The number of aryl methyl sites for hydroxylation is 1. The zero-order valence-corrected chi connectivity index (χ0v) is 17.0. The second-order valence-electron chi connectivity index (χ2n) is 5.69. The topological polar surface area (TPSA) is 67.1 Å². The SMILES string of the molecule is CN=C(NCCc1c(F)cccc1Cl)NC1CCc2ncnn2C1.I. The number of hydrogen-bond acceptors (Lipinski definition) is 3. The standard InChI is InChI=1S/C16H20ClFN6.HI/c1-19-16(20-8-7-12-13(17)3-2-4-14(12)18)23-11-5-6-15-21-10-22-24(15)9-11;/h2-4,10-11H,5-9H2,1H3,(H2,19,20,23);1H. The van der Waals surface area contributed by atoms with Crippen molar-refractivity contribution in [2.24, 2.45) is 4.99 Å². The van der Waals surface area contributed by atoms with Crippen molar-refractivity contribution >= 4 is 41.5 Å². The Morgan fingerprint density at radius 2 is 2.32 bits per heavy atom. The van der Waals surface area contributed by atoms with Crippen LogP contribution in [-0.2, 0) is 19.4 Å². The van der Waals surface area contributed by atoms with E-state index in [9.17, 15) is 4.39 Å². The van der Waals surface area contributed by atoms with Crippen molar-refractivity contribution in [1.29, 1.82) is 0 Å². The molecule has 2 heterocycles. The zero-order chi connectivity index (χ0) is 16.9. The minimum Gasteiger partial charge on any atom is -0.356 e. The largest absolute Gasteiger partial charge is 0.356 e. The van der Waals surface area contributed by atoms with E-state index < -0.39 is 0 Å². The maximum absolute atomic E-state index is 13.8. The van der Waals surface area contributed by atoms with E-state index in [-0.39, 0.29) is 35.8 Å². The van der Waals surface area contributed by atoms with Crippen molar-refractivity contribution < 1.29 is 4.39 Å². The fourth-order valence-electron chi connectivity index (χ4n) is 2.82. The van der Waals surface area contributed by atoms with Crippen LogP contribution in [0.4, 0.5) is 4.39 Å². The van der Waals surface area contributed by atoms with Crippen LogP contribution < -0.4 is 10.6 Å². The summed E-state index contributed by atoms with van der Waals surface area (Å²) in [5.74, 6) is 1.43.